The SMILES string of the molecule is COC(=O)[C@H]1c2cc(C(=O)O)ccc2[C@]2(C)CCC[C@@](C)(C(=O)OC)[C@@H]12. The van der Waals surface area contributed by atoms with Gasteiger partial charge in [-0.1, -0.05) is 19.4 Å². The summed E-state index contributed by atoms with van der Waals surface area (Å²) < 4.78 is 10.1. The van der Waals surface area contributed by atoms with E-state index in [-0.39, 0.29) is 17.5 Å². The number of fused-ring (bicyclic) bond motifs is 3. The maximum absolute atomic E-state index is 12.7. The van der Waals surface area contributed by atoms with Gasteiger partial charge in [-0.3, -0.25) is 9.59 Å². The molecule has 1 aromatic rings. The number of carbonyl (C=O) groups is 3. The van der Waals surface area contributed by atoms with Crippen molar-refractivity contribution in [3.63, 3.8) is 0 Å². The molecule has 6 heteroatoms. The molecule has 1 aromatic carbocycles. The summed E-state index contributed by atoms with van der Waals surface area (Å²) in [5.41, 5.74) is 0.439. The van der Waals surface area contributed by atoms with Crippen LogP contribution in [0.15, 0.2) is 18.2 Å². The highest BCUT2D eigenvalue weighted by atomic mass is 16.5. The Kier molecular flexibility index (Phi) is 4.33. The first kappa shape index (κ1) is 18.4. The molecule has 3 rings (SSSR count). The molecule has 140 valence electrons. The number of carboxylic acids is 1. The Morgan fingerprint density at radius 2 is 1.81 bits per heavy atom. The maximum Gasteiger partial charge on any atom is 0.335 e. The number of ether oxygens (including phenoxy) is 2. The Hall–Kier alpha value is -2.37. The first-order valence-electron chi connectivity index (χ1n) is 8.74. The third-order valence-electron chi connectivity index (χ3n) is 6.45. The molecule has 2 aliphatic carbocycles. The zero-order valence-corrected chi connectivity index (χ0v) is 15.5. The quantitative estimate of drug-likeness (QED) is 0.834. The predicted molar refractivity (Wildman–Crippen MR) is 93.0 cm³/mol. The second kappa shape index (κ2) is 6.11. The van der Waals surface area contributed by atoms with Crippen LogP contribution in [0.2, 0.25) is 0 Å². The maximum atomic E-state index is 12.7. The van der Waals surface area contributed by atoms with E-state index in [1.165, 1.54) is 14.2 Å². The van der Waals surface area contributed by atoms with Crippen LogP contribution in [-0.4, -0.2) is 37.2 Å². The van der Waals surface area contributed by atoms with E-state index in [1.807, 2.05) is 6.92 Å². The molecule has 0 aromatic heterocycles. The smallest absolute Gasteiger partial charge is 0.335 e. The molecule has 2 aliphatic rings. The van der Waals surface area contributed by atoms with Crippen LogP contribution in [0.25, 0.3) is 0 Å². The number of carboxylic acid groups (broad SMARTS) is 1. The van der Waals surface area contributed by atoms with E-state index in [0.717, 1.165) is 18.4 Å². The molecule has 0 saturated heterocycles. The van der Waals surface area contributed by atoms with Crippen molar-refractivity contribution in [3.8, 4) is 0 Å². The summed E-state index contributed by atoms with van der Waals surface area (Å²) in [4.78, 5) is 36.9. The van der Waals surface area contributed by atoms with Gasteiger partial charge in [0, 0.05) is 5.92 Å². The zero-order chi connectivity index (χ0) is 19.3. The van der Waals surface area contributed by atoms with E-state index in [1.54, 1.807) is 18.2 Å². The lowest BCUT2D eigenvalue weighted by Gasteiger charge is -2.48. The van der Waals surface area contributed by atoms with Crippen molar-refractivity contribution in [2.45, 2.75) is 44.4 Å². The van der Waals surface area contributed by atoms with E-state index < -0.39 is 28.7 Å². The predicted octanol–water partition coefficient (Wildman–Crippen LogP) is 2.89. The Balaban J connectivity index is 2.26. The van der Waals surface area contributed by atoms with Crippen molar-refractivity contribution in [1.29, 1.82) is 0 Å². The molecule has 0 unspecified atom stereocenters. The second-order valence-corrected chi connectivity index (χ2v) is 7.77. The number of carbonyl (C=O) groups excluding carboxylic acids is 2. The molecule has 0 heterocycles. The van der Waals surface area contributed by atoms with Gasteiger partial charge in [-0.25, -0.2) is 4.79 Å². The molecule has 1 N–H and O–H groups in total. The van der Waals surface area contributed by atoms with Crippen molar-refractivity contribution in [2.24, 2.45) is 11.3 Å². The molecule has 6 nitrogen and oxygen atoms in total. The van der Waals surface area contributed by atoms with Crippen molar-refractivity contribution in [3.05, 3.63) is 34.9 Å². The number of hydrogen-bond donors (Lipinski definition) is 1. The van der Waals surface area contributed by atoms with Gasteiger partial charge in [-0.2, -0.15) is 0 Å². The minimum atomic E-state index is -1.05. The van der Waals surface area contributed by atoms with Gasteiger partial charge in [0.2, 0.25) is 0 Å². The fraction of sp³-hybridized carbons (Fsp3) is 0.550. The first-order chi connectivity index (χ1) is 12.2. The van der Waals surface area contributed by atoms with Gasteiger partial charge < -0.3 is 14.6 Å². The van der Waals surface area contributed by atoms with Crippen LogP contribution in [0.3, 0.4) is 0 Å². The minimum Gasteiger partial charge on any atom is -0.478 e. The molecule has 26 heavy (non-hydrogen) atoms. The van der Waals surface area contributed by atoms with E-state index >= 15 is 0 Å². The van der Waals surface area contributed by atoms with Crippen LogP contribution in [0.4, 0.5) is 0 Å². The van der Waals surface area contributed by atoms with Crippen LogP contribution in [0, 0.1) is 11.3 Å². The Labute approximate surface area is 152 Å². The summed E-state index contributed by atoms with van der Waals surface area (Å²) in [5, 5.41) is 9.36. The van der Waals surface area contributed by atoms with Crippen LogP contribution in [-0.2, 0) is 24.5 Å². The van der Waals surface area contributed by atoms with Gasteiger partial charge in [-0.05, 0) is 48.4 Å². The molecule has 1 fully saturated rings. The van der Waals surface area contributed by atoms with Crippen LogP contribution in [0.5, 0.6) is 0 Å². The number of rotatable bonds is 3. The van der Waals surface area contributed by atoms with E-state index in [0.29, 0.717) is 12.0 Å². The molecule has 1 saturated carbocycles. The third kappa shape index (κ3) is 2.35. The van der Waals surface area contributed by atoms with E-state index in [2.05, 4.69) is 6.92 Å². The third-order valence-corrected chi connectivity index (χ3v) is 6.45. The summed E-state index contributed by atoms with van der Waals surface area (Å²) in [6.45, 7) is 3.90. The van der Waals surface area contributed by atoms with Gasteiger partial charge in [0.05, 0.1) is 31.1 Å². The molecule has 0 bridgehead atoms. The van der Waals surface area contributed by atoms with Gasteiger partial charge in [0.25, 0.3) is 0 Å². The minimum absolute atomic E-state index is 0.125. The number of esters is 2. The van der Waals surface area contributed by atoms with Crippen LogP contribution < -0.4 is 0 Å². The zero-order valence-electron chi connectivity index (χ0n) is 15.5. The molecule has 0 aliphatic heterocycles. The Bertz CT molecular complexity index is 785. The number of benzene rings is 1. The summed E-state index contributed by atoms with van der Waals surface area (Å²) in [5.74, 6) is -2.87. The molecule has 0 radical (unpaired) electrons. The lowest BCUT2D eigenvalue weighted by molar-refractivity contribution is -0.164. The topological polar surface area (TPSA) is 89.9 Å². The highest BCUT2D eigenvalue weighted by Crippen LogP contribution is 2.63. The van der Waals surface area contributed by atoms with Crippen molar-refractivity contribution in [2.75, 3.05) is 14.2 Å². The van der Waals surface area contributed by atoms with Crippen molar-refractivity contribution >= 4 is 17.9 Å². The van der Waals surface area contributed by atoms with E-state index in [9.17, 15) is 19.5 Å². The van der Waals surface area contributed by atoms with Crippen molar-refractivity contribution in [1.82, 2.24) is 0 Å². The molecule has 0 amide bonds. The van der Waals surface area contributed by atoms with Crippen LogP contribution in [0.1, 0.15) is 60.5 Å². The standard InChI is InChI=1S/C20H24O6/c1-19-8-5-9-20(2,18(24)26-4)15(19)14(17(23)25-3)12-10-11(16(21)22)6-7-13(12)19/h6-7,10,14-15H,5,8-9H2,1-4H3,(H,21,22)/t14-,15-,19-,20+/m0/s1. The summed E-state index contributed by atoms with van der Waals surface area (Å²) >= 11 is 0. The monoisotopic (exact) mass is 360 g/mol. The van der Waals surface area contributed by atoms with Gasteiger partial charge in [-0.15, -0.1) is 0 Å². The molecule has 0 spiro atoms. The average Bonchev–Trinajstić information content (AvgIpc) is 2.90. The number of methoxy groups -OCH3 is 2. The largest absolute Gasteiger partial charge is 0.478 e. The summed E-state index contributed by atoms with van der Waals surface area (Å²) in [7, 11) is 2.67. The number of aromatic carboxylic acids is 1. The molecule has 4 atom stereocenters. The van der Waals surface area contributed by atoms with Gasteiger partial charge >= 0.3 is 17.9 Å². The highest BCUT2D eigenvalue weighted by molar-refractivity contribution is 5.90. The lowest BCUT2D eigenvalue weighted by Crippen LogP contribution is -2.51. The molecular weight excluding hydrogens is 336 g/mol. The normalized spacial score (nSPS) is 32.3. The van der Waals surface area contributed by atoms with Gasteiger partial charge in [0.1, 0.15) is 0 Å². The van der Waals surface area contributed by atoms with Crippen molar-refractivity contribution < 1.29 is 29.0 Å². The second-order valence-electron chi connectivity index (χ2n) is 7.77. The molecular formula is C20H24O6. The highest BCUT2D eigenvalue weighted by Gasteiger charge is 2.63. The fourth-order valence-electron chi connectivity index (χ4n) is 5.38. The van der Waals surface area contributed by atoms with Gasteiger partial charge in [0.15, 0.2) is 0 Å². The lowest BCUT2D eigenvalue weighted by atomic mass is 9.54. The summed E-state index contributed by atoms with van der Waals surface area (Å²) in [6.07, 6.45) is 2.26. The Morgan fingerprint density at radius 3 is 2.38 bits per heavy atom. The number of hydrogen-bond acceptors (Lipinski definition) is 5. The first-order valence-corrected chi connectivity index (χ1v) is 8.74. The fourth-order valence-corrected chi connectivity index (χ4v) is 5.38. The van der Waals surface area contributed by atoms with Crippen LogP contribution >= 0.6 is 0 Å². The van der Waals surface area contributed by atoms with E-state index in [4.69, 9.17) is 9.47 Å². The Morgan fingerprint density at radius 1 is 1.12 bits per heavy atom. The summed E-state index contributed by atoms with van der Waals surface area (Å²) in [6, 6.07) is 4.91. The average molecular weight is 360 g/mol.